The van der Waals surface area contributed by atoms with E-state index in [0.717, 1.165) is 30.4 Å². The first-order valence-corrected chi connectivity index (χ1v) is 7.02. The lowest BCUT2D eigenvalue weighted by molar-refractivity contribution is -0.136. The minimum Gasteiger partial charge on any atom is -0.495 e. The Kier molecular flexibility index (Phi) is 4.35. The van der Waals surface area contributed by atoms with Crippen LogP contribution in [0.2, 0.25) is 5.02 Å². The van der Waals surface area contributed by atoms with Gasteiger partial charge in [-0.15, -0.1) is 0 Å². The van der Waals surface area contributed by atoms with E-state index in [1.54, 1.807) is 7.11 Å². The maximum absolute atomic E-state index is 10.8. The number of carboxylic acid groups (broad SMARTS) is 1. The summed E-state index contributed by atoms with van der Waals surface area (Å²) >= 11 is 6.45. The Morgan fingerprint density at radius 3 is 2.53 bits per heavy atom. The number of ether oxygens (including phenoxy) is 1. The molecule has 0 amide bonds. The van der Waals surface area contributed by atoms with Crippen molar-refractivity contribution >= 4 is 17.6 Å². The second-order valence-electron chi connectivity index (χ2n) is 5.01. The highest BCUT2D eigenvalue weighted by Gasteiger charge is 2.23. The van der Waals surface area contributed by atoms with Crippen LogP contribution >= 0.6 is 11.6 Å². The van der Waals surface area contributed by atoms with Crippen molar-refractivity contribution in [1.82, 2.24) is 0 Å². The summed E-state index contributed by atoms with van der Waals surface area (Å²) in [6.07, 6.45) is 4.93. The molecule has 1 aliphatic carbocycles. The van der Waals surface area contributed by atoms with Crippen molar-refractivity contribution in [1.29, 1.82) is 0 Å². The Hall–Kier alpha value is -1.22. The molecule has 0 aliphatic heterocycles. The zero-order chi connectivity index (χ0) is 14.0. The van der Waals surface area contributed by atoms with Gasteiger partial charge >= 0.3 is 5.97 Å². The molecule has 1 aromatic carbocycles. The Morgan fingerprint density at radius 2 is 1.95 bits per heavy atom. The summed E-state index contributed by atoms with van der Waals surface area (Å²) in [4.78, 5) is 10.8. The first-order chi connectivity index (χ1) is 9.06. The van der Waals surface area contributed by atoms with E-state index in [1.165, 1.54) is 17.5 Å². The molecule has 0 heterocycles. The molecule has 0 radical (unpaired) electrons. The molecule has 2 rings (SSSR count). The molecule has 0 spiro atoms. The van der Waals surface area contributed by atoms with Gasteiger partial charge in [-0.05, 0) is 61.3 Å². The fourth-order valence-electron chi connectivity index (χ4n) is 2.93. The maximum Gasteiger partial charge on any atom is 0.303 e. The van der Waals surface area contributed by atoms with Crippen LogP contribution in [0, 0.1) is 6.92 Å². The van der Waals surface area contributed by atoms with E-state index in [2.05, 4.69) is 6.92 Å². The fourth-order valence-corrected chi connectivity index (χ4v) is 3.33. The molecule has 0 fully saturated rings. The van der Waals surface area contributed by atoms with Crippen LogP contribution in [0.25, 0.3) is 0 Å². The first-order valence-electron chi connectivity index (χ1n) is 6.64. The average Bonchev–Trinajstić information content (AvgIpc) is 2.41. The van der Waals surface area contributed by atoms with E-state index >= 15 is 0 Å². The molecular formula is C15H19ClO3. The van der Waals surface area contributed by atoms with Crippen LogP contribution in [0.4, 0.5) is 0 Å². The van der Waals surface area contributed by atoms with Crippen LogP contribution in [0.15, 0.2) is 0 Å². The summed E-state index contributed by atoms with van der Waals surface area (Å²) in [7, 11) is 1.60. The monoisotopic (exact) mass is 282 g/mol. The maximum atomic E-state index is 10.8. The Morgan fingerprint density at radius 1 is 1.32 bits per heavy atom. The molecule has 104 valence electrons. The summed E-state index contributed by atoms with van der Waals surface area (Å²) < 4.78 is 5.43. The molecule has 1 aliphatic rings. The third-order valence-electron chi connectivity index (χ3n) is 3.90. The molecule has 0 bridgehead atoms. The van der Waals surface area contributed by atoms with E-state index < -0.39 is 5.97 Å². The molecule has 19 heavy (non-hydrogen) atoms. The highest BCUT2D eigenvalue weighted by molar-refractivity contribution is 6.33. The minimum atomic E-state index is -0.796. The fraction of sp³-hybridized carbons (Fsp3) is 0.533. The van der Waals surface area contributed by atoms with Crippen LogP contribution in [0.5, 0.6) is 5.75 Å². The normalized spacial score (nSPS) is 14.1. The lowest BCUT2D eigenvalue weighted by Crippen LogP contribution is -2.11. The number of carboxylic acids is 1. The molecule has 0 atom stereocenters. The predicted molar refractivity (Wildman–Crippen MR) is 75.3 cm³/mol. The van der Waals surface area contributed by atoms with Gasteiger partial charge < -0.3 is 9.84 Å². The van der Waals surface area contributed by atoms with Gasteiger partial charge in [0, 0.05) is 6.42 Å². The van der Waals surface area contributed by atoms with Crippen LogP contribution < -0.4 is 4.74 Å². The first kappa shape index (κ1) is 14.2. The average molecular weight is 283 g/mol. The Labute approximate surface area is 118 Å². The summed E-state index contributed by atoms with van der Waals surface area (Å²) in [6, 6.07) is 0. The van der Waals surface area contributed by atoms with Gasteiger partial charge in [0.05, 0.1) is 12.1 Å². The third-order valence-corrected chi connectivity index (χ3v) is 4.30. The van der Waals surface area contributed by atoms with Gasteiger partial charge in [0.25, 0.3) is 0 Å². The van der Waals surface area contributed by atoms with Crippen molar-refractivity contribution in [3.05, 3.63) is 27.3 Å². The van der Waals surface area contributed by atoms with Crippen molar-refractivity contribution in [2.24, 2.45) is 0 Å². The van der Waals surface area contributed by atoms with E-state index in [9.17, 15) is 4.79 Å². The van der Waals surface area contributed by atoms with Crippen LogP contribution in [0.3, 0.4) is 0 Å². The van der Waals surface area contributed by atoms with Gasteiger partial charge in [0.2, 0.25) is 0 Å². The van der Waals surface area contributed by atoms with Crippen molar-refractivity contribution in [3.63, 3.8) is 0 Å². The number of methoxy groups -OCH3 is 1. The summed E-state index contributed by atoms with van der Waals surface area (Å²) in [5.41, 5.74) is 4.62. The molecule has 3 nitrogen and oxygen atoms in total. The van der Waals surface area contributed by atoms with E-state index in [1.807, 2.05) is 0 Å². The third kappa shape index (κ3) is 2.71. The number of hydrogen-bond acceptors (Lipinski definition) is 2. The van der Waals surface area contributed by atoms with Crippen LogP contribution in [-0.2, 0) is 24.1 Å². The van der Waals surface area contributed by atoms with Crippen molar-refractivity contribution in [3.8, 4) is 5.75 Å². The van der Waals surface area contributed by atoms with E-state index in [4.69, 9.17) is 21.4 Å². The molecule has 4 heteroatoms. The molecule has 1 aromatic rings. The molecule has 1 N–H and O–H groups in total. The summed E-state index contributed by atoms with van der Waals surface area (Å²) in [5, 5.41) is 9.55. The van der Waals surface area contributed by atoms with E-state index in [-0.39, 0.29) is 6.42 Å². The molecule has 0 unspecified atom stereocenters. The minimum absolute atomic E-state index is 0.103. The SMILES string of the molecule is COc1c(Cl)c2c(c(C)c1CCC(=O)O)CCCC2. The highest BCUT2D eigenvalue weighted by atomic mass is 35.5. The van der Waals surface area contributed by atoms with E-state index in [0.29, 0.717) is 17.2 Å². The Bertz CT molecular complexity index is 509. The standard InChI is InChI=1S/C15H19ClO3/c1-9-10-5-3-4-6-12(10)14(16)15(19-2)11(9)7-8-13(17)18/h3-8H2,1-2H3,(H,17,18). The van der Waals surface area contributed by atoms with Gasteiger partial charge in [-0.25, -0.2) is 0 Å². The Balaban J connectivity index is 2.51. The van der Waals surface area contributed by atoms with Gasteiger partial charge in [-0.1, -0.05) is 11.6 Å². The lowest BCUT2D eigenvalue weighted by atomic mass is 9.85. The number of hydrogen-bond donors (Lipinski definition) is 1. The zero-order valence-corrected chi connectivity index (χ0v) is 12.1. The highest BCUT2D eigenvalue weighted by Crippen LogP contribution is 2.41. The second kappa shape index (κ2) is 5.83. The van der Waals surface area contributed by atoms with Crippen molar-refractivity contribution < 1.29 is 14.6 Å². The van der Waals surface area contributed by atoms with Gasteiger partial charge in [0.1, 0.15) is 5.75 Å². The van der Waals surface area contributed by atoms with Crippen molar-refractivity contribution in [2.75, 3.05) is 7.11 Å². The smallest absolute Gasteiger partial charge is 0.303 e. The topological polar surface area (TPSA) is 46.5 Å². The summed E-state index contributed by atoms with van der Waals surface area (Å²) in [5.74, 6) is -0.128. The number of benzene rings is 1. The molecule has 0 saturated heterocycles. The van der Waals surface area contributed by atoms with Crippen molar-refractivity contribution in [2.45, 2.75) is 45.4 Å². The number of carbonyl (C=O) groups is 1. The summed E-state index contributed by atoms with van der Waals surface area (Å²) in [6.45, 7) is 2.06. The number of rotatable bonds is 4. The quantitative estimate of drug-likeness (QED) is 0.918. The lowest BCUT2D eigenvalue weighted by Gasteiger charge is -2.24. The number of fused-ring (bicyclic) bond motifs is 1. The number of aliphatic carboxylic acids is 1. The molecular weight excluding hydrogens is 264 g/mol. The van der Waals surface area contributed by atoms with Crippen LogP contribution in [-0.4, -0.2) is 18.2 Å². The molecule has 0 aromatic heterocycles. The number of halogens is 1. The van der Waals surface area contributed by atoms with Crippen LogP contribution in [0.1, 0.15) is 41.5 Å². The van der Waals surface area contributed by atoms with Gasteiger partial charge in [-0.2, -0.15) is 0 Å². The van der Waals surface area contributed by atoms with Gasteiger partial charge in [-0.3, -0.25) is 4.79 Å². The largest absolute Gasteiger partial charge is 0.495 e. The molecule has 0 saturated carbocycles. The van der Waals surface area contributed by atoms with Gasteiger partial charge in [0.15, 0.2) is 0 Å². The zero-order valence-electron chi connectivity index (χ0n) is 11.4. The second-order valence-corrected chi connectivity index (χ2v) is 5.39. The predicted octanol–water partition coefficient (Wildman–Crippen LogP) is 3.55.